The number of nitrogens with one attached hydrogen (secondary N) is 1. The summed E-state index contributed by atoms with van der Waals surface area (Å²) < 4.78 is 0. The number of nitrogens with zero attached hydrogens (tertiary/aromatic N) is 1. The number of halogens is 1. The van der Waals surface area contributed by atoms with Crippen molar-refractivity contribution in [2.45, 2.75) is 6.54 Å². The smallest absolute Gasteiger partial charge is 0.256 e. The van der Waals surface area contributed by atoms with Crippen LogP contribution in [-0.2, 0) is 6.54 Å². The Morgan fingerprint density at radius 3 is 2.81 bits per heavy atom. The van der Waals surface area contributed by atoms with Gasteiger partial charge in [-0.25, -0.2) is 0 Å². The molecule has 0 atom stereocenters. The highest BCUT2D eigenvalue weighted by Crippen LogP contribution is 2.19. The van der Waals surface area contributed by atoms with Crippen LogP contribution in [0.1, 0.15) is 15.9 Å². The van der Waals surface area contributed by atoms with Crippen molar-refractivity contribution in [2.24, 2.45) is 0 Å². The van der Waals surface area contributed by atoms with Crippen LogP contribution in [-0.4, -0.2) is 22.8 Å². The van der Waals surface area contributed by atoms with E-state index < -0.39 is 0 Å². The third kappa shape index (κ3) is 2.78. The summed E-state index contributed by atoms with van der Waals surface area (Å²) in [6, 6.07) is 15.2. The Morgan fingerprint density at radius 1 is 1.19 bits per heavy atom. The van der Waals surface area contributed by atoms with Crippen LogP contribution in [0.25, 0.3) is 10.9 Å². The number of amides is 1. The van der Waals surface area contributed by atoms with Crippen molar-refractivity contribution in [1.29, 1.82) is 0 Å². The first-order valence-corrected chi connectivity index (χ1v) is 7.09. The van der Waals surface area contributed by atoms with Crippen molar-refractivity contribution in [1.82, 2.24) is 9.88 Å². The van der Waals surface area contributed by atoms with Gasteiger partial charge in [0.2, 0.25) is 0 Å². The number of carbonyl (C=O) groups excluding carboxylic acids is 1. The number of aromatic nitrogens is 1. The minimum Gasteiger partial charge on any atom is -0.361 e. The van der Waals surface area contributed by atoms with Crippen LogP contribution in [0.3, 0.4) is 0 Å². The molecule has 21 heavy (non-hydrogen) atoms. The topological polar surface area (TPSA) is 36.1 Å². The summed E-state index contributed by atoms with van der Waals surface area (Å²) in [5.74, 6) is -0.0111. The first-order valence-electron chi connectivity index (χ1n) is 6.71. The van der Waals surface area contributed by atoms with Crippen molar-refractivity contribution in [3.63, 3.8) is 0 Å². The highest BCUT2D eigenvalue weighted by molar-refractivity contribution is 6.30. The van der Waals surface area contributed by atoms with Crippen molar-refractivity contribution in [3.8, 4) is 0 Å². The summed E-state index contributed by atoms with van der Waals surface area (Å²) in [5, 5.41) is 1.72. The van der Waals surface area contributed by atoms with Crippen LogP contribution < -0.4 is 0 Å². The van der Waals surface area contributed by atoms with Crippen molar-refractivity contribution in [2.75, 3.05) is 7.05 Å². The molecule has 3 nitrogen and oxygen atoms in total. The van der Waals surface area contributed by atoms with E-state index in [1.165, 1.54) is 0 Å². The lowest BCUT2D eigenvalue weighted by molar-refractivity contribution is 0.0787. The number of hydrogen-bond donors (Lipinski definition) is 1. The Kier molecular flexibility index (Phi) is 3.67. The molecule has 1 N–H and O–H groups in total. The zero-order valence-corrected chi connectivity index (χ0v) is 12.4. The Hall–Kier alpha value is -2.26. The molecule has 0 radical (unpaired) electrons. The van der Waals surface area contributed by atoms with Gasteiger partial charge in [-0.2, -0.15) is 0 Å². The second-order valence-corrected chi connectivity index (χ2v) is 5.48. The fraction of sp³-hybridized carbons (Fsp3) is 0.118. The van der Waals surface area contributed by atoms with Crippen molar-refractivity contribution >= 4 is 28.4 Å². The van der Waals surface area contributed by atoms with Crippen LogP contribution in [0.2, 0.25) is 5.02 Å². The van der Waals surface area contributed by atoms with Gasteiger partial charge in [0.15, 0.2) is 0 Å². The van der Waals surface area contributed by atoms with Crippen LogP contribution in [0.4, 0.5) is 0 Å². The summed E-state index contributed by atoms with van der Waals surface area (Å²) in [6.07, 6.45) is 1.85. The summed E-state index contributed by atoms with van der Waals surface area (Å²) in [7, 11) is 1.80. The lowest BCUT2D eigenvalue weighted by Crippen LogP contribution is -2.26. The fourth-order valence-electron chi connectivity index (χ4n) is 2.45. The lowest BCUT2D eigenvalue weighted by Gasteiger charge is -2.18. The summed E-state index contributed by atoms with van der Waals surface area (Å²) in [4.78, 5) is 17.4. The number of benzene rings is 2. The lowest BCUT2D eigenvalue weighted by atomic mass is 10.1. The molecule has 0 saturated carbocycles. The number of para-hydroxylation sites is 1. The number of rotatable bonds is 3. The van der Waals surface area contributed by atoms with E-state index in [0.717, 1.165) is 16.5 Å². The molecule has 0 aliphatic carbocycles. The third-order valence-corrected chi connectivity index (χ3v) is 3.71. The van der Waals surface area contributed by atoms with Gasteiger partial charge in [0, 0.05) is 30.2 Å². The molecule has 0 aliphatic heterocycles. The highest BCUT2D eigenvalue weighted by Gasteiger charge is 2.15. The Bertz CT molecular complexity index is 794. The maximum absolute atomic E-state index is 12.6. The second-order valence-electron chi connectivity index (χ2n) is 5.04. The molecule has 3 aromatic rings. The molecule has 4 heteroatoms. The highest BCUT2D eigenvalue weighted by atomic mass is 35.5. The first kappa shape index (κ1) is 13.7. The minimum absolute atomic E-state index is 0.0111. The molecule has 0 aliphatic rings. The Balaban J connectivity index is 1.86. The normalized spacial score (nSPS) is 10.8. The molecule has 0 spiro atoms. The summed E-state index contributed by atoms with van der Waals surface area (Å²) in [5.41, 5.74) is 2.57. The molecular formula is C17H15ClN2O. The van der Waals surface area contributed by atoms with E-state index in [1.807, 2.05) is 54.7 Å². The zero-order chi connectivity index (χ0) is 14.8. The number of aromatic amines is 1. The van der Waals surface area contributed by atoms with E-state index in [-0.39, 0.29) is 5.91 Å². The van der Waals surface area contributed by atoms with Gasteiger partial charge < -0.3 is 9.88 Å². The SMILES string of the molecule is CN(Cc1cccc(Cl)c1)C(=O)c1cccc2cc[nH]c12. The molecule has 0 fully saturated rings. The molecule has 1 heterocycles. The van der Waals surface area contributed by atoms with E-state index in [4.69, 9.17) is 11.6 Å². The maximum atomic E-state index is 12.6. The third-order valence-electron chi connectivity index (χ3n) is 3.47. The predicted octanol–water partition coefficient (Wildman–Crippen LogP) is 4.09. The second kappa shape index (κ2) is 5.62. The van der Waals surface area contributed by atoms with E-state index in [1.54, 1.807) is 11.9 Å². The number of fused-ring (bicyclic) bond motifs is 1. The minimum atomic E-state index is -0.0111. The molecule has 0 unspecified atom stereocenters. The van der Waals surface area contributed by atoms with Crippen LogP contribution >= 0.6 is 11.6 Å². The van der Waals surface area contributed by atoms with Gasteiger partial charge >= 0.3 is 0 Å². The molecular weight excluding hydrogens is 284 g/mol. The van der Waals surface area contributed by atoms with Crippen LogP contribution in [0, 0.1) is 0 Å². The summed E-state index contributed by atoms with van der Waals surface area (Å²) >= 11 is 5.98. The Labute approximate surface area is 128 Å². The Morgan fingerprint density at radius 2 is 2.00 bits per heavy atom. The van der Waals surface area contributed by atoms with Crippen LogP contribution in [0.15, 0.2) is 54.7 Å². The average molecular weight is 299 g/mol. The van der Waals surface area contributed by atoms with Gasteiger partial charge in [0.1, 0.15) is 0 Å². The molecule has 1 aromatic heterocycles. The first-order chi connectivity index (χ1) is 10.1. The summed E-state index contributed by atoms with van der Waals surface area (Å²) in [6.45, 7) is 0.524. The number of hydrogen-bond acceptors (Lipinski definition) is 1. The van der Waals surface area contributed by atoms with Gasteiger partial charge in [-0.05, 0) is 29.8 Å². The van der Waals surface area contributed by atoms with Gasteiger partial charge in [-0.3, -0.25) is 4.79 Å². The number of H-pyrrole nitrogens is 1. The standard InChI is InChI=1S/C17H15ClN2O/c1-20(11-12-4-2-6-14(18)10-12)17(21)15-7-3-5-13-8-9-19-16(13)15/h2-10,19H,11H2,1H3. The molecule has 0 bridgehead atoms. The van der Waals surface area contributed by atoms with E-state index >= 15 is 0 Å². The average Bonchev–Trinajstić information content (AvgIpc) is 2.94. The zero-order valence-electron chi connectivity index (χ0n) is 11.6. The van der Waals surface area contributed by atoms with Gasteiger partial charge in [-0.1, -0.05) is 35.9 Å². The monoisotopic (exact) mass is 298 g/mol. The quantitative estimate of drug-likeness (QED) is 0.776. The van der Waals surface area contributed by atoms with Gasteiger partial charge in [0.05, 0.1) is 11.1 Å². The molecule has 2 aromatic carbocycles. The number of carbonyl (C=O) groups is 1. The van der Waals surface area contributed by atoms with E-state index in [9.17, 15) is 4.79 Å². The largest absolute Gasteiger partial charge is 0.361 e. The van der Waals surface area contributed by atoms with E-state index in [0.29, 0.717) is 17.1 Å². The fourth-order valence-corrected chi connectivity index (χ4v) is 2.66. The van der Waals surface area contributed by atoms with Gasteiger partial charge in [-0.15, -0.1) is 0 Å². The predicted molar refractivity (Wildman–Crippen MR) is 85.5 cm³/mol. The van der Waals surface area contributed by atoms with E-state index in [2.05, 4.69) is 4.98 Å². The van der Waals surface area contributed by atoms with Crippen LogP contribution in [0.5, 0.6) is 0 Å². The molecule has 106 valence electrons. The maximum Gasteiger partial charge on any atom is 0.256 e. The van der Waals surface area contributed by atoms with Crippen molar-refractivity contribution in [3.05, 3.63) is 70.9 Å². The molecule has 0 saturated heterocycles. The molecule has 1 amide bonds. The van der Waals surface area contributed by atoms with Gasteiger partial charge in [0.25, 0.3) is 5.91 Å². The van der Waals surface area contributed by atoms with Crippen molar-refractivity contribution < 1.29 is 4.79 Å². The molecule has 3 rings (SSSR count).